The number of hydrogen-bond donors (Lipinski definition) is 2. The lowest BCUT2D eigenvalue weighted by atomic mass is 10.1. The smallest absolute Gasteiger partial charge is 0.164 e. The monoisotopic (exact) mass is 216 g/mol. The third-order valence-electron chi connectivity index (χ3n) is 2.38. The maximum absolute atomic E-state index is 4.23. The molecule has 0 atom stereocenters. The summed E-state index contributed by atoms with van der Waals surface area (Å²) in [5, 5.41) is 10.2. The van der Waals surface area contributed by atoms with Crippen LogP contribution in [-0.2, 0) is 13.1 Å². The number of rotatable bonds is 4. The van der Waals surface area contributed by atoms with E-state index in [1.54, 1.807) is 0 Å². The van der Waals surface area contributed by atoms with Crippen molar-refractivity contribution in [1.29, 1.82) is 0 Å². The maximum atomic E-state index is 4.23. The molecule has 0 aliphatic heterocycles. The molecule has 0 aliphatic carbocycles. The highest BCUT2D eigenvalue weighted by Crippen LogP contribution is 2.02. The molecular formula is C12H16N4. The van der Waals surface area contributed by atoms with Gasteiger partial charge in [-0.2, -0.15) is 5.10 Å². The minimum Gasteiger partial charge on any atom is -0.306 e. The van der Waals surface area contributed by atoms with E-state index in [1.165, 1.54) is 11.1 Å². The van der Waals surface area contributed by atoms with Crippen LogP contribution >= 0.6 is 0 Å². The summed E-state index contributed by atoms with van der Waals surface area (Å²) in [7, 11) is 0. The van der Waals surface area contributed by atoms with E-state index in [1.807, 2.05) is 6.92 Å². The zero-order valence-electron chi connectivity index (χ0n) is 9.62. The Morgan fingerprint density at radius 2 is 1.88 bits per heavy atom. The highest BCUT2D eigenvalue weighted by Gasteiger charge is 1.98. The molecular weight excluding hydrogens is 200 g/mol. The summed E-state index contributed by atoms with van der Waals surface area (Å²) in [5.41, 5.74) is 2.56. The van der Waals surface area contributed by atoms with Crippen LogP contribution in [0.5, 0.6) is 0 Å². The van der Waals surface area contributed by atoms with Gasteiger partial charge in [0.1, 0.15) is 5.82 Å². The first-order chi connectivity index (χ1) is 7.74. The second-order valence-corrected chi connectivity index (χ2v) is 3.93. The molecule has 2 N–H and O–H groups in total. The van der Waals surface area contributed by atoms with Crippen LogP contribution in [0.4, 0.5) is 0 Å². The zero-order valence-corrected chi connectivity index (χ0v) is 9.62. The van der Waals surface area contributed by atoms with Crippen LogP contribution in [0.25, 0.3) is 0 Å². The van der Waals surface area contributed by atoms with Gasteiger partial charge in [-0.1, -0.05) is 29.8 Å². The molecule has 0 aliphatic rings. The Labute approximate surface area is 95.1 Å². The van der Waals surface area contributed by atoms with Gasteiger partial charge in [0.25, 0.3) is 0 Å². The van der Waals surface area contributed by atoms with E-state index < -0.39 is 0 Å². The van der Waals surface area contributed by atoms with Crippen molar-refractivity contribution in [1.82, 2.24) is 20.5 Å². The van der Waals surface area contributed by atoms with Gasteiger partial charge < -0.3 is 5.32 Å². The number of aromatic nitrogens is 3. The number of hydrogen-bond acceptors (Lipinski definition) is 3. The van der Waals surface area contributed by atoms with Crippen LogP contribution in [0, 0.1) is 13.8 Å². The van der Waals surface area contributed by atoms with E-state index in [2.05, 4.69) is 51.7 Å². The third kappa shape index (κ3) is 2.90. The lowest BCUT2D eigenvalue weighted by Crippen LogP contribution is -2.13. The number of aromatic amines is 1. The fourth-order valence-corrected chi connectivity index (χ4v) is 1.49. The van der Waals surface area contributed by atoms with E-state index in [9.17, 15) is 0 Å². The first-order valence-corrected chi connectivity index (χ1v) is 5.38. The lowest BCUT2D eigenvalue weighted by molar-refractivity contribution is 0.664. The highest BCUT2D eigenvalue weighted by molar-refractivity contribution is 5.21. The van der Waals surface area contributed by atoms with Gasteiger partial charge in [-0.15, -0.1) is 0 Å². The Morgan fingerprint density at radius 3 is 2.50 bits per heavy atom. The van der Waals surface area contributed by atoms with E-state index in [0.29, 0.717) is 6.54 Å². The zero-order chi connectivity index (χ0) is 11.4. The van der Waals surface area contributed by atoms with Crippen molar-refractivity contribution in [2.24, 2.45) is 0 Å². The second-order valence-electron chi connectivity index (χ2n) is 3.93. The average molecular weight is 216 g/mol. The van der Waals surface area contributed by atoms with Gasteiger partial charge in [-0.05, 0) is 19.4 Å². The molecule has 0 fully saturated rings. The molecule has 0 spiro atoms. The van der Waals surface area contributed by atoms with Crippen molar-refractivity contribution in [2.45, 2.75) is 26.9 Å². The number of aryl methyl sites for hydroxylation is 2. The molecule has 0 radical (unpaired) electrons. The minimum absolute atomic E-state index is 0.693. The number of benzene rings is 1. The molecule has 1 aromatic carbocycles. The molecule has 2 aromatic rings. The summed E-state index contributed by atoms with van der Waals surface area (Å²) in [6.07, 6.45) is 0. The number of nitrogens with one attached hydrogen (secondary N) is 2. The molecule has 0 saturated heterocycles. The molecule has 0 bridgehead atoms. The van der Waals surface area contributed by atoms with E-state index in [4.69, 9.17) is 0 Å². The maximum Gasteiger partial charge on any atom is 0.164 e. The minimum atomic E-state index is 0.693. The molecule has 16 heavy (non-hydrogen) atoms. The van der Waals surface area contributed by atoms with Crippen LogP contribution in [0.2, 0.25) is 0 Å². The Hall–Kier alpha value is -1.68. The first kappa shape index (κ1) is 10.8. The van der Waals surface area contributed by atoms with Gasteiger partial charge in [0, 0.05) is 6.54 Å². The fourth-order valence-electron chi connectivity index (χ4n) is 1.49. The summed E-state index contributed by atoms with van der Waals surface area (Å²) < 4.78 is 0. The Bertz CT molecular complexity index is 444. The molecule has 0 amide bonds. The van der Waals surface area contributed by atoms with Gasteiger partial charge in [0.05, 0.1) is 6.54 Å². The average Bonchev–Trinajstić information content (AvgIpc) is 2.67. The molecule has 0 unspecified atom stereocenters. The normalized spacial score (nSPS) is 10.6. The Balaban J connectivity index is 1.82. The molecule has 0 saturated carbocycles. The van der Waals surface area contributed by atoms with E-state index >= 15 is 0 Å². The summed E-state index contributed by atoms with van der Waals surface area (Å²) >= 11 is 0. The second kappa shape index (κ2) is 4.90. The SMILES string of the molecule is Cc1ccc(CNCc2n[nH]c(C)n2)cc1. The first-order valence-electron chi connectivity index (χ1n) is 5.38. The van der Waals surface area contributed by atoms with Crippen LogP contribution in [0.15, 0.2) is 24.3 Å². The summed E-state index contributed by atoms with van der Waals surface area (Å²) in [5.74, 6) is 1.66. The van der Waals surface area contributed by atoms with Crippen LogP contribution in [-0.4, -0.2) is 15.2 Å². The van der Waals surface area contributed by atoms with E-state index in [-0.39, 0.29) is 0 Å². The fraction of sp³-hybridized carbons (Fsp3) is 0.333. The van der Waals surface area contributed by atoms with Gasteiger partial charge >= 0.3 is 0 Å². The Morgan fingerprint density at radius 1 is 1.12 bits per heavy atom. The number of nitrogens with zero attached hydrogens (tertiary/aromatic N) is 2. The van der Waals surface area contributed by atoms with Crippen molar-refractivity contribution in [2.75, 3.05) is 0 Å². The molecule has 1 heterocycles. The summed E-state index contributed by atoms with van der Waals surface area (Å²) in [6.45, 7) is 5.52. The standard InChI is InChI=1S/C12H16N4/c1-9-3-5-11(6-4-9)7-13-8-12-14-10(2)15-16-12/h3-6,13H,7-8H2,1-2H3,(H,14,15,16). The van der Waals surface area contributed by atoms with Gasteiger partial charge in [0.15, 0.2) is 5.82 Å². The summed E-state index contributed by atoms with van der Waals surface area (Å²) in [4.78, 5) is 4.23. The molecule has 4 heteroatoms. The van der Waals surface area contributed by atoms with Gasteiger partial charge in [-0.25, -0.2) is 4.98 Å². The molecule has 1 aromatic heterocycles. The van der Waals surface area contributed by atoms with Crippen LogP contribution in [0.1, 0.15) is 22.8 Å². The van der Waals surface area contributed by atoms with Gasteiger partial charge in [-0.3, -0.25) is 5.10 Å². The molecule has 84 valence electrons. The topological polar surface area (TPSA) is 53.6 Å². The van der Waals surface area contributed by atoms with Crippen molar-refractivity contribution in [3.8, 4) is 0 Å². The third-order valence-corrected chi connectivity index (χ3v) is 2.38. The number of H-pyrrole nitrogens is 1. The summed E-state index contributed by atoms with van der Waals surface area (Å²) in [6, 6.07) is 8.50. The van der Waals surface area contributed by atoms with Crippen molar-refractivity contribution >= 4 is 0 Å². The van der Waals surface area contributed by atoms with Crippen molar-refractivity contribution in [3.63, 3.8) is 0 Å². The predicted octanol–water partition coefficient (Wildman–Crippen LogP) is 1.71. The van der Waals surface area contributed by atoms with Crippen LogP contribution in [0.3, 0.4) is 0 Å². The largest absolute Gasteiger partial charge is 0.306 e. The van der Waals surface area contributed by atoms with Crippen molar-refractivity contribution in [3.05, 3.63) is 47.0 Å². The Kier molecular flexibility index (Phi) is 3.31. The molecule has 4 nitrogen and oxygen atoms in total. The van der Waals surface area contributed by atoms with Gasteiger partial charge in [0.2, 0.25) is 0 Å². The molecule has 2 rings (SSSR count). The predicted molar refractivity (Wildman–Crippen MR) is 62.8 cm³/mol. The van der Waals surface area contributed by atoms with Crippen LogP contribution < -0.4 is 5.32 Å². The quantitative estimate of drug-likeness (QED) is 0.818. The lowest BCUT2D eigenvalue weighted by Gasteiger charge is -2.02. The highest BCUT2D eigenvalue weighted by atomic mass is 15.2. The van der Waals surface area contributed by atoms with Crippen molar-refractivity contribution < 1.29 is 0 Å². The van der Waals surface area contributed by atoms with E-state index in [0.717, 1.165) is 18.2 Å².